The van der Waals surface area contributed by atoms with Crippen LogP contribution in [0.2, 0.25) is 0 Å². The molecule has 0 atom stereocenters. The molecule has 0 saturated carbocycles. The third-order valence-corrected chi connectivity index (χ3v) is 3.33. The Labute approximate surface area is 126 Å². The van der Waals surface area contributed by atoms with Crippen LogP contribution >= 0.6 is 0 Å². The first-order chi connectivity index (χ1) is 10.7. The lowest BCUT2D eigenvalue weighted by atomic mass is 10.1. The zero-order valence-electron chi connectivity index (χ0n) is 11.7. The third kappa shape index (κ3) is 3.01. The lowest BCUT2D eigenvalue weighted by Crippen LogP contribution is -2.22. The molecule has 2 aromatic heterocycles. The highest BCUT2D eigenvalue weighted by Crippen LogP contribution is 2.20. The number of pyridine rings is 1. The molecule has 6 heteroatoms. The summed E-state index contributed by atoms with van der Waals surface area (Å²) in [6.07, 6.45) is 5.77. The van der Waals surface area contributed by atoms with Gasteiger partial charge in [-0.25, -0.2) is 9.97 Å². The number of carboxylic acids is 1. The Morgan fingerprint density at radius 2 is 1.95 bits per heavy atom. The quantitative estimate of drug-likeness (QED) is 0.756. The van der Waals surface area contributed by atoms with Crippen LogP contribution in [0.25, 0.3) is 10.9 Å². The van der Waals surface area contributed by atoms with Gasteiger partial charge in [-0.3, -0.25) is 4.98 Å². The largest absolute Gasteiger partial charge is 0.545 e. The van der Waals surface area contributed by atoms with Crippen LogP contribution < -0.4 is 10.4 Å². The minimum atomic E-state index is -1.22. The van der Waals surface area contributed by atoms with Gasteiger partial charge in [0.05, 0.1) is 11.5 Å². The summed E-state index contributed by atoms with van der Waals surface area (Å²) < 4.78 is 0. The predicted molar refractivity (Wildman–Crippen MR) is 80.3 cm³/mol. The molecule has 1 aromatic carbocycles. The van der Waals surface area contributed by atoms with Crippen LogP contribution in [0.3, 0.4) is 0 Å². The number of nitrogens with one attached hydrogen (secondary N) is 1. The Morgan fingerprint density at radius 3 is 2.73 bits per heavy atom. The van der Waals surface area contributed by atoms with Crippen molar-refractivity contribution in [2.24, 2.45) is 0 Å². The number of hydrogen-bond donors (Lipinski definition) is 1. The molecule has 0 unspecified atom stereocenters. The van der Waals surface area contributed by atoms with Crippen LogP contribution in [0, 0.1) is 0 Å². The fourth-order valence-electron chi connectivity index (χ4n) is 2.20. The van der Waals surface area contributed by atoms with Crippen molar-refractivity contribution in [2.45, 2.75) is 6.42 Å². The van der Waals surface area contributed by atoms with Crippen molar-refractivity contribution in [2.75, 3.05) is 11.9 Å². The second-order valence-corrected chi connectivity index (χ2v) is 4.77. The summed E-state index contributed by atoms with van der Waals surface area (Å²) >= 11 is 0. The Morgan fingerprint density at radius 1 is 1.14 bits per heavy atom. The highest BCUT2D eigenvalue weighted by atomic mass is 16.4. The number of aromatic nitrogens is 3. The molecule has 0 amide bonds. The van der Waals surface area contributed by atoms with E-state index in [1.807, 2.05) is 12.1 Å². The maximum Gasteiger partial charge on any atom is 0.137 e. The number of nitrogens with zero attached hydrogens (tertiary/aromatic N) is 3. The lowest BCUT2D eigenvalue weighted by molar-refractivity contribution is -0.255. The molecule has 1 N–H and O–H groups in total. The zero-order chi connectivity index (χ0) is 15.4. The van der Waals surface area contributed by atoms with Gasteiger partial charge in [-0.1, -0.05) is 6.07 Å². The zero-order valence-corrected chi connectivity index (χ0v) is 11.7. The Bertz CT molecular complexity index is 806. The number of carbonyl (C=O) groups excluding carboxylic acids is 1. The smallest absolute Gasteiger partial charge is 0.137 e. The highest BCUT2D eigenvalue weighted by molar-refractivity contribution is 5.95. The van der Waals surface area contributed by atoms with Crippen molar-refractivity contribution in [3.63, 3.8) is 0 Å². The van der Waals surface area contributed by atoms with Gasteiger partial charge in [0.1, 0.15) is 12.1 Å². The van der Waals surface area contributed by atoms with Crippen molar-refractivity contribution in [1.82, 2.24) is 15.0 Å². The van der Waals surface area contributed by atoms with E-state index in [1.165, 1.54) is 24.0 Å². The maximum absolute atomic E-state index is 10.9. The molecule has 0 spiro atoms. The molecule has 22 heavy (non-hydrogen) atoms. The topological polar surface area (TPSA) is 90.8 Å². The predicted octanol–water partition coefficient (Wildman–Crippen LogP) is 1.04. The van der Waals surface area contributed by atoms with Gasteiger partial charge >= 0.3 is 0 Å². The first kappa shape index (κ1) is 13.9. The molecule has 0 radical (unpaired) electrons. The number of fused-ring (bicyclic) bond motifs is 1. The normalized spacial score (nSPS) is 10.5. The van der Waals surface area contributed by atoms with E-state index < -0.39 is 5.97 Å². The van der Waals surface area contributed by atoms with E-state index in [0.717, 1.165) is 11.8 Å². The van der Waals surface area contributed by atoms with Gasteiger partial charge in [-0.15, -0.1) is 0 Å². The number of hydrogen-bond acceptors (Lipinski definition) is 6. The molecule has 0 aliphatic heterocycles. The number of anilines is 1. The molecular formula is C16H13N4O2-. The highest BCUT2D eigenvalue weighted by Gasteiger charge is 2.05. The monoisotopic (exact) mass is 293 g/mol. The minimum absolute atomic E-state index is 0.105. The first-order valence-electron chi connectivity index (χ1n) is 6.83. The average molecular weight is 293 g/mol. The molecule has 0 aliphatic rings. The number of carbonyl (C=O) groups is 1. The second-order valence-electron chi connectivity index (χ2n) is 4.77. The second kappa shape index (κ2) is 6.17. The van der Waals surface area contributed by atoms with Crippen molar-refractivity contribution in [1.29, 1.82) is 0 Å². The van der Waals surface area contributed by atoms with Gasteiger partial charge in [0, 0.05) is 24.3 Å². The van der Waals surface area contributed by atoms with Crippen LogP contribution in [-0.4, -0.2) is 27.5 Å². The van der Waals surface area contributed by atoms with E-state index in [0.29, 0.717) is 17.9 Å². The van der Waals surface area contributed by atoms with E-state index in [9.17, 15) is 9.90 Å². The summed E-state index contributed by atoms with van der Waals surface area (Å²) in [5.41, 5.74) is 1.86. The SMILES string of the molecule is O=C([O-])c1ccc2c(NCCc3ccncc3)ncnc2c1. The summed E-state index contributed by atoms with van der Waals surface area (Å²) in [5.74, 6) is -0.531. The van der Waals surface area contributed by atoms with Crippen molar-refractivity contribution < 1.29 is 9.90 Å². The molecule has 3 aromatic rings. The Kier molecular flexibility index (Phi) is 3.91. The average Bonchev–Trinajstić information content (AvgIpc) is 2.55. The number of benzene rings is 1. The number of aromatic carboxylic acids is 1. The summed E-state index contributed by atoms with van der Waals surface area (Å²) in [6, 6.07) is 8.60. The van der Waals surface area contributed by atoms with Gasteiger partial charge in [-0.05, 0) is 41.8 Å². The maximum atomic E-state index is 10.9. The molecule has 110 valence electrons. The van der Waals surface area contributed by atoms with E-state index in [2.05, 4.69) is 20.3 Å². The number of carboxylic acid groups (broad SMARTS) is 1. The van der Waals surface area contributed by atoms with Crippen molar-refractivity contribution in [3.05, 3.63) is 60.2 Å². The lowest BCUT2D eigenvalue weighted by Gasteiger charge is -2.09. The molecular weight excluding hydrogens is 280 g/mol. The van der Waals surface area contributed by atoms with Crippen LogP contribution in [0.4, 0.5) is 5.82 Å². The van der Waals surface area contributed by atoms with Crippen LogP contribution in [0.15, 0.2) is 49.1 Å². The van der Waals surface area contributed by atoms with Gasteiger partial charge in [-0.2, -0.15) is 0 Å². The van der Waals surface area contributed by atoms with Gasteiger partial charge in [0.15, 0.2) is 0 Å². The van der Waals surface area contributed by atoms with Crippen LogP contribution in [0.5, 0.6) is 0 Å². The van der Waals surface area contributed by atoms with Crippen molar-refractivity contribution >= 4 is 22.7 Å². The fraction of sp³-hybridized carbons (Fsp3) is 0.125. The van der Waals surface area contributed by atoms with E-state index >= 15 is 0 Å². The summed E-state index contributed by atoms with van der Waals surface area (Å²) in [4.78, 5) is 23.2. The Balaban J connectivity index is 1.77. The van der Waals surface area contributed by atoms with E-state index in [-0.39, 0.29) is 5.56 Å². The molecule has 0 fully saturated rings. The summed E-state index contributed by atoms with van der Waals surface area (Å²) in [5, 5.41) is 14.9. The van der Waals surface area contributed by atoms with E-state index in [4.69, 9.17) is 0 Å². The van der Waals surface area contributed by atoms with E-state index in [1.54, 1.807) is 18.5 Å². The molecule has 3 rings (SSSR count). The molecule has 0 saturated heterocycles. The fourth-order valence-corrected chi connectivity index (χ4v) is 2.20. The minimum Gasteiger partial charge on any atom is -0.545 e. The van der Waals surface area contributed by atoms with Gasteiger partial charge < -0.3 is 15.2 Å². The molecule has 2 heterocycles. The van der Waals surface area contributed by atoms with Crippen LogP contribution in [0.1, 0.15) is 15.9 Å². The van der Waals surface area contributed by atoms with Gasteiger partial charge in [0.25, 0.3) is 0 Å². The summed E-state index contributed by atoms with van der Waals surface area (Å²) in [6.45, 7) is 0.707. The first-order valence-corrected chi connectivity index (χ1v) is 6.83. The standard InChI is InChI=1S/C16H14N4O2/c21-16(22)12-1-2-13-14(9-12)19-10-20-15(13)18-8-5-11-3-6-17-7-4-11/h1-4,6-7,9-10H,5,8H2,(H,21,22)(H,18,19,20)/p-1. The third-order valence-electron chi connectivity index (χ3n) is 3.33. The Hall–Kier alpha value is -3.02. The summed E-state index contributed by atoms with van der Waals surface area (Å²) in [7, 11) is 0. The molecule has 6 nitrogen and oxygen atoms in total. The molecule has 0 aliphatic carbocycles. The van der Waals surface area contributed by atoms with Gasteiger partial charge in [0.2, 0.25) is 0 Å². The molecule has 0 bridgehead atoms. The number of rotatable bonds is 5. The van der Waals surface area contributed by atoms with Crippen LogP contribution in [-0.2, 0) is 6.42 Å². The van der Waals surface area contributed by atoms with Crippen molar-refractivity contribution in [3.8, 4) is 0 Å².